The maximum absolute atomic E-state index is 11.0. The minimum Gasteiger partial charge on any atom is -0.300 e. The van der Waals surface area contributed by atoms with Gasteiger partial charge in [0.25, 0.3) is 0 Å². The second kappa shape index (κ2) is 2.08. The Morgan fingerprint density at radius 1 is 1.30 bits per heavy atom. The summed E-state index contributed by atoms with van der Waals surface area (Å²) in [5, 5.41) is 0. The van der Waals surface area contributed by atoms with Gasteiger partial charge in [-0.25, -0.2) is 0 Å². The Labute approximate surface area is 61.8 Å². The van der Waals surface area contributed by atoms with Crippen molar-refractivity contribution in [3.63, 3.8) is 0 Å². The Hall–Kier alpha value is -0.330. The van der Waals surface area contributed by atoms with E-state index in [9.17, 15) is 4.79 Å². The Bertz CT molecular complexity index is 162. The van der Waals surface area contributed by atoms with Gasteiger partial charge in [-0.15, -0.1) is 0 Å². The highest BCUT2D eigenvalue weighted by Crippen LogP contribution is 2.48. The van der Waals surface area contributed by atoms with Crippen molar-refractivity contribution in [2.24, 2.45) is 17.8 Å². The molecule has 2 saturated carbocycles. The molecular formula is C9H14O. The van der Waals surface area contributed by atoms with Crippen LogP contribution in [-0.4, -0.2) is 5.78 Å². The molecule has 2 aliphatic rings. The van der Waals surface area contributed by atoms with Gasteiger partial charge in [-0.3, -0.25) is 4.79 Å². The molecule has 0 aromatic carbocycles. The molecule has 10 heavy (non-hydrogen) atoms. The molecule has 0 amide bonds. The molecular weight excluding hydrogens is 124 g/mol. The van der Waals surface area contributed by atoms with Gasteiger partial charge in [0, 0.05) is 5.92 Å². The van der Waals surface area contributed by atoms with Crippen LogP contribution in [0.3, 0.4) is 0 Å². The van der Waals surface area contributed by atoms with E-state index in [1.807, 2.05) is 0 Å². The van der Waals surface area contributed by atoms with Crippen molar-refractivity contribution < 1.29 is 4.79 Å². The lowest BCUT2D eigenvalue weighted by Crippen LogP contribution is -2.17. The molecule has 1 heteroatoms. The summed E-state index contributed by atoms with van der Waals surface area (Å²) in [6, 6.07) is 0. The fraction of sp³-hybridized carbons (Fsp3) is 0.889. The van der Waals surface area contributed by atoms with E-state index >= 15 is 0 Å². The number of ketones is 1. The van der Waals surface area contributed by atoms with Crippen molar-refractivity contribution in [2.75, 3.05) is 0 Å². The smallest absolute Gasteiger partial charge is 0.133 e. The number of fused-ring (bicyclic) bond motifs is 2. The van der Waals surface area contributed by atoms with E-state index in [0.717, 1.165) is 11.8 Å². The highest BCUT2D eigenvalue weighted by atomic mass is 16.1. The maximum atomic E-state index is 11.0. The first-order valence-electron chi connectivity index (χ1n) is 4.28. The molecule has 0 aromatic rings. The van der Waals surface area contributed by atoms with Crippen LogP contribution >= 0.6 is 0 Å². The maximum Gasteiger partial charge on any atom is 0.133 e. The van der Waals surface area contributed by atoms with E-state index in [1.54, 1.807) is 6.92 Å². The van der Waals surface area contributed by atoms with E-state index in [-0.39, 0.29) is 0 Å². The summed E-state index contributed by atoms with van der Waals surface area (Å²) in [4.78, 5) is 11.0. The quantitative estimate of drug-likeness (QED) is 0.541. The van der Waals surface area contributed by atoms with Crippen LogP contribution in [0.1, 0.15) is 32.6 Å². The third-order valence-electron chi connectivity index (χ3n) is 3.26. The zero-order valence-electron chi connectivity index (χ0n) is 6.47. The Morgan fingerprint density at radius 3 is 2.40 bits per heavy atom. The van der Waals surface area contributed by atoms with Crippen LogP contribution in [0.5, 0.6) is 0 Å². The van der Waals surface area contributed by atoms with Gasteiger partial charge in [0.2, 0.25) is 0 Å². The van der Waals surface area contributed by atoms with Gasteiger partial charge in [-0.1, -0.05) is 6.42 Å². The second-order valence-electron chi connectivity index (χ2n) is 3.89. The van der Waals surface area contributed by atoms with E-state index in [1.165, 1.54) is 25.7 Å². The average Bonchev–Trinajstić information content (AvgIpc) is 2.44. The van der Waals surface area contributed by atoms with E-state index in [4.69, 9.17) is 0 Å². The number of hydrogen-bond acceptors (Lipinski definition) is 1. The number of carbonyl (C=O) groups excluding carboxylic acids is 1. The molecule has 56 valence electrons. The molecule has 0 saturated heterocycles. The Kier molecular flexibility index (Phi) is 1.33. The summed E-state index contributed by atoms with van der Waals surface area (Å²) < 4.78 is 0. The van der Waals surface area contributed by atoms with Gasteiger partial charge < -0.3 is 0 Å². The lowest BCUT2D eigenvalue weighted by atomic mass is 9.86. The fourth-order valence-electron chi connectivity index (χ4n) is 2.74. The summed E-state index contributed by atoms with van der Waals surface area (Å²) in [7, 11) is 0. The minimum absolute atomic E-state index is 0.437. The van der Waals surface area contributed by atoms with E-state index in [2.05, 4.69) is 0 Å². The van der Waals surface area contributed by atoms with Crippen LogP contribution in [0.15, 0.2) is 0 Å². The zero-order valence-corrected chi connectivity index (χ0v) is 6.47. The fourth-order valence-corrected chi connectivity index (χ4v) is 2.74. The van der Waals surface area contributed by atoms with Crippen LogP contribution in [0.4, 0.5) is 0 Å². The Morgan fingerprint density at radius 2 is 2.10 bits per heavy atom. The number of hydrogen-bond donors (Lipinski definition) is 0. The van der Waals surface area contributed by atoms with Crippen molar-refractivity contribution in [1.29, 1.82) is 0 Å². The molecule has 0 heterocycles. The van der Waals surface area contributed by atoms with E-state index < -0.39 is 0 Å². The van der Waals surface area contributed by atoms with Crippen LogP contribution in [0.2, 0.25) is 0 Å². The van der Waals surface area contributed by atoms with Gasteiger partial charge in [-0.2, -0.15) is 0 Å². The predicted octanol–water partition coefficient (Wildman–Crippen LogP) is 2.01. The molecule has 0 aromatic heterocycles. The van der Waals surface area contributed by atoms with Crippen molar-refractivity contribution in [3.05, 3.63) is 0 Å². The predicted molar refractivity (Wildman–Crippen MR) is 39.6 cm³/mol. The van der Waals surface area contributed by atoms with Crippen molar-refractivity contribution in [1.82, 2.24) is 0 Å². The van der Waals surface area contributed by atoms with Gasteiger partial charge in [-0.05, 0) is 38.0 Å². The molecule has 0 spiro atoms. The van der Waals surface area contributed by atoms with Crippen LogP contribution in [0, 0.1) is 17.8 Å². The topological polar surface area (TPSA) is 17.1 Å². The molecule has 2 rings (SSSR count). The minimum atomic E-state index is 0.437. The average molecular weight is 138 g/mol. The first kappa shape index (κ1) is 6.38. The summed E-state index contributed by atoms with van der Waals surface area (Å²) in [5.74, 6) is 2.59. The van der Waals surface area contributed by atoms with Gasteiger partial charge in [0.15, 0.2) is 0 Å². The number of Topliss-reactive ketones (excluding diaryl/α,β-unsaturated/α-hetero) is 1. The van der Waals surface area contributed by atoms with Gasteiger partial charge in [0.1, 0.15) is 5.78 Å². The monoisotopic (exact) mass is 138 g/mol. The second-order valence-corrected chi connectivity index (χ2v) is 3.89. The van der Waals surface area contributed by atoms with Gasteiger partial charge >= 0.3 is 0 Å². The third-order valence-corrected chi connectivity index (χ3v) is 3.26. The Balaban J connectivity index is 2.08. The molecule has 1 nitrogen and oxygen atoms in total. The van der Waals surface area contributed by atoms with Gasteiger partial charge in [0.05, 0.1) is 0 Å². The molecule has 2 fully saturated rings. The largest absolute Gasteiger partial charge is 0.300 e. The highest BCUT2D eigenvalue weighted by molar-refractivity contribution is 5.79. The molecule has 0 radical (unpaired) electrons. The first-order valence-corrected chi connectivity index (χ1v) is 4.28. The highest BCUT2D eigenvalue weighted by Gasteiger charge is 2.41. The molecule has 0 N–H and O–H groups in total. The molecule has 3 atom stereocenters. The summed E-state index contributed by atoms with van der Waals surface area (Å²) in [6.45, 7) is 1.76. The number of rotatable bonds is 1. The normalized spacial score (nSPS) is 44.3. The third kappa shape index (κ3) is 0.799. The van der Waals surface area contributed by atoms with E-state index in [0.29, 0.717) is 11.7 Å². The lowest BCUT2D eigenvalue weighted by Gasteiger charge is -2.17. The molecule has 0 aliphatic heterocycles. The molecule has 1 unspecified atom stereocenters. The van der Waals surface area contributed by atoms with Crippen molar-refractivity contribution >= 4 is 5.78 Å². The SMILES string of the molecule is CC(=O)C1C[C@H]2CC[C@@H]1C2. The number of carbonyl (C=O) groups is 1. The van der Waals surface area contributed by atoms with Crippen molar-refractivity contribution in [2.45, 2.75) is 32.6 Å². The summed E-state index contributed by atoms with van der Waals surface area (Å²) in [6.07, 6.45) is 5.29. The summed E-state index contributed by atoms with van der Waals surface area (Å²) >= 11 is 0. The molecule has 2 bridgehead atoms. The van der Waals surface area contributed by atoms with Crippen LogP contribution in [0.25, 0.3) is 0 Å². The first-order chi connectivity index (χ1) is 4.77. The standard InChI is InChI=1S/C9H14O/c1-6(10)9-5-7-2-3-8(9)4-7/h7-9H,2-5H2,1H3/t7-,8+,9?/m0/s1. The summed E-state index contributed by atoms with van der Waals surface area (Å²) in [5.41, 5.74) is 0. The molecule has 2 aliphatic carbocycles. The van der Waals surface area contributed by atoms with Crippen LogP contribution in [-0.2, 0) is 4.79 Å². The van der Waals surface area contributed by atoms with Crippen molar-refractivity contribution in [3.8, 4) is 0 Å². The van der Waals surface area contributed by atoms with Crippen LogP contribution < -0.4 is 0 Å². The lowest BCUT2D eigenvalue weighted by molar-refractivity contribution is -0.122. The zero-order chi connectivity index (χ0) is 7.14.